The van der Waals surface area contributed by atoms with Crippen LogP contribution in [0.2, 0.25) is 5.02 Å². The maximum Gasteiger partial charge on any atom is 0.0522 e. The zero-order valence-corrected chi connectivity index (χ0v) is 9.60. The van der Waals surface area contributed by atoms with Crippen molar-refractivity contribution in [1.82, 2.24) is 4.98 Å². The Morgan fingerprint density at radius 3 is 2.80 bits per heavy atom. The van der Waals surface area contributed by atoms with Gasteiger partial charge in [-0.25, -0.2) is 0 Å². The van der Waals surface area contributed by atoms with E-state index in [4.69, 9.17) is 11.6 Å². The van der Waals surface area contributed by atoms with Crippen molar-refractivity contribution in [3.05, 3.63) is 35.0 Å². The number of halogens is 1. The average molecular weight is 224 g/mol. The van der Waals surface area contributed by atoms with Crippen molar-refractivity contribution in [2.24, 2.45) is 0 Å². The topological polar surface area (TPSA) is 36.0 Å². The van der Waals surface area contributed by atoms with Crippen LogP contribution in [-0.4, -0.2) is 16.7 Å². The number of benzene rings is 1. The first-order chi connectivity index (χ1) is 7.04. The Bertz CT molecular complexity index is 487. The molecule has 3 heteroatoms. The molecule has 0 bridgehead atoms. The highest BCUT2D eigenvalue weighted by atomic mass is 35.5. The fourth-order valence-corrected chi connectivity index (χ4v) is 1.89. The van der Waals surface area contributed by atoms with Crippen LogP contribution in [0.1, 0.15) is 19.4 Å². The van der Waals surface area contributed by atoms with Crippen LogP contribution in [0.15, 0.2) is 24.4 Å². The van der Waals surface area contributed by atoms with Gasteiger partial charge in [-0.05, 0) is 23.8 Å². The highest BCUT2D eigenvalue weighted by Crippen LogP contribution is 2.30. The van der Waals surface area contributed by atoms with Gasteiger partial charge >= 0.3 is 0 Å². The molecule has 15 heavy (non-hydrogen) atoms. The van der Waals surface area contributed by atoms with Gasteiger partial charge in [0.05, 0.1) is 11.6 Å². The number of H-pyrrole nitrogens is 1. The molecule has 1 aromatic heterocycles. The molecule has 2 aromatic rings. The van der Waals surface area contributed by atoms with Gasteiger partial charge in [0.15, 0.2) is 0 Å². The molecule has 0 radical (unpaired) electrons. The Morgan fingerprint density at radius 2 is 2.13 bits per heavy atom. The van der Waals surface area contributed by atoms with Crippen molar-refractivity contribution in [3.8, 4) is 0 Å². The predicted molar refractivity (Wildman–Crippen MR) is 63.4 cm³/mol. The second kappa shape index (κ2) is 3.54. The monoisotopic (exact) mass is 223 g/mol. The van der Waals surface area contributed by atoms with Gasteiger partial charge in [-0.1, -0.05) is 25.4 Å². The van der Waals surface area contributed by atoms with Gasteiger partial charge < -0.3 is 10.1 Å². The van der Waals surface area contributed by atoms with Gasteiger partial charge in [-0.3, -0.25) is 0 Å². The SMILES string of the molecule is CC(C)(CO)c1cc(Cl)c2cc[nH]c2c1. The minimum Gasteiger partial charge on any atom is -0.395 e. The van der Waals surface area contributed by atoms with Crippen molar-refractivity contribution >= 4 is 22.5 Å². The standard InChI is InChI=1S/C12H14ClNO/c1-12(2,7-15)8-5-10(13)9-3-4-14-11(9)6-8/h3-6,14-15H,7H2,1-2H3. The second-order valence-corrected chi connectivity index (χ2v) is 4.85. The Kier molecular flexibility index (Phi) is 2.49. The van der Waals surface area contributed by atoms with Gasteiger partial charge in [0.2, 0.25) is 0 Å². The molecule has 0 amide bonds. The van der Waals surface area contributed by atoms with Crippen LogP contribution in [0.5, 0.6) is 0 Å². The quantitative estimate of drug-likeness (QED) is 0.807. The van der Waals surface area contributed by atoms with E-state index in [1.165, 1.54) is 0 Å². The molecule has 0 aliphatic rings. The van der Waals surface area contributed by atoms with E-state index in [1.807, 2.05) is 38.2 Å². The summed E-state index contributed by atoms with van der Waals surface area (Å²) in [6.45, 7) is 4.09. The number of rotatable bonds is 2. The van der Waals surface area contributed by atoms with Crippen molar-refractivity contribution in [3.63, 3.8) is 0 Å². The zero-order valence-electron chi connectivity index (χ0n) is 8.84. The molecule has 2 rings (SSSR count). The van der Waals surface area contributed by atoms with Gasteiger partial charge in [-0.2, -0.15) is 0 Å². The molecule has 0 saturated carbocycles. The molecule has 80 valence electrons. The number of aromatic amines is 1. The molecule has 1 heterocycles. The highest BCUT2D eigenvalue weighted by Gasteiger charge is 2.20. The number of hydrogen-bond donors (Lipinski definition) is 2. The van der Waals surface area contributed by atoms with E-state index in [9.17, 15) is 5.11 Å². The first kappa shape index (κ1) is 10.5. The Morgan fingerprint density at radius 1 is 1.40 bits per heavy atom. The van der Waals surface area contributed by atoms with Crippen molar-refractivity contribution < 1.29 is 5.11 Å². The molecular weight excluding hydrogens is 210 g/mol. The number of aromatic nitrogens is 1. The molecule has 0 unspecified atom stereocenters. The lowest BCUT2D eigenvalue weighted by molar-refractivity contribution is 0.218. The fourth-order valence-electron chi connectivity index (χ4n) is 1.60. The first-order valence-corrected chi connectivity index (χ1v) is 5.30. The lowest BCUT2D eigenvalue weighted by Crippen LogP contribution is -2.21. The van der Waals surface area contributed by atoms with Crippen molar-refractivity contribution in [1.29, 1.82) is 0 Å². The summed E-state index contributed by atoms with van der Waals surface area (Å²) in [6, 6.07) is 5.92. The zero-order chi connectivity index (χ0) is 11.1. The Hall–Kier alpha value is -0.990. The lowest BCUT2D eigenvalue weighted by Gasteiger charge is -2.22. The minimum absolute atomic E-state index is 0.107. The van der Waals surface area contributed by atoms with Gasteiger partial charge in [0.25, 0.3) is 0 Å². The minimum atomic E-state index is -0.261. The van der Waals surface area contributed by atoms with Gasteiger partial charge in [-0.15, -0.1) is 0 Å². The van der Waals surface area contributed by atoms with Crippen LogP contribution in [0, 0.1) is 0 Å². The number of aliphatic hydroxyl groups is 1. The summed E-state index contributed by atoms with van der Waals surface area (Å²) >= 11 is 6.16. The number of fused-ring (bicyclic) bond motifs is 1. The van der Waals surface area contributed by atoms with Crippen molar-refractivity contribution in [2.45, 2.75) is 19.3 Å². The third kappa shape index (κ3) is 1.75. The normalized spacial score (nSPS) is 12.3. The highest BCUT2D eigenvalue weighted by molar-refractivity contribution is 6.35. The van der Waals surface area contributed by atoms with E-state index in [0.29, 0.717) is 0 Å². The van der Waals surface area contributed by atoms with E-state index in [2.05, 4.69) is 4.98 Å². The summed E-state index contributed by atoms with van der Waals surface area (Å²) < 4.78 is 0. The predicted octanol–water partition coefficient (Wildman–Crippen LogP) is 3.09. The summed E-state index contributed by atoms with van der Waals surface area (Å²) in [7, 11) is 0. The summed E-state index contributed by atoms with van der Waals surface area (Å²) in [5, 5.41) is 11.1. The van der Waals surface area contributed by atoms with E-state index < -0.39 is 0 Å². The fraction of sp³-hybridized carbons (Fsp3) is 0.333. The summed E-state index contributed by atoms with van der Waals surface area (Å²) in [5.41, 5.74) is 1.80. The molecule has 2 nitrogen and oxygen atoms in total. The van der Waals surface area contributed by atoms with E-state index in [-0.39, 0.29) is 12.0 Å². The Labute approximate surface area is 93.9 Å². The van der Waals surface area contributed by atoms with Crippen LogP contribution in [0.25, 0.3) is 10.9 Å². The molecule has 1 aromatic carbocycles. The van der Waals surface area contributed by atoms with Crippen molar-refractivity contribution in [2.75, 3.05) is 6.61 Å². The molecule has 0 spiro atoms. The number of hydrogen-bond acceptors (Lipinski definition) is 1. The van der Waals surface area contributed by atoms with E-state index >= 15 is 0 Å². The maximum atomic E-state index is 9.31. The second-order valence-electron chi connectivity index (χ2n) is 4.44. The van der Waals surface area contributed by atoms with E-state index in [1.54, 1.807) is 0 Å². The Balaban J connectivity index is 2.63. The summed E-state index contributed by atoms with van der Waals surface area (Å²) in [6.07, 6.45) is 1.87. The molecule has 0 saturated heterocycles. The van der Waals surface area contributed by atoms with Crippen LogP contribution < -0.4 is 0 Å². The maximum absolute atomic E-state index is 9.31. The average Bonchev–Trinajstić information content (AvgIpc) is 2.66. The molecule has 0 aliphatic carbocycles. The van der Waals surface area contributed by atoms with Crippen LogP contribution in [0.3, 0.4) is 0 Å². The summed E-state index contributed by atoms with van der Waals surface area (Å²) in [5.74, 6) is 0. The third-order valence-electron chi connectivity index (χ3n) is 2.80. The molecule has 2 N–H and O–H groups in total. The molecule has 0 fully saturated rings. The van der Waals surface area contributed by atoms with Crippen LogP contribution >= 0.6 is 11.6 Å². The largest absolute Gasteiger partial charge is 0.395 e. The van der Waals surface area contributed by atoms with E-state index in [0.717, 1.165) is 21.5 Å². The summed E-state index contributed by atoms with van der Waals surface area (Å²) in [4.78, 5) is 3.13. The smallest absolute Gasteiger partial charge is 0.0522 e. The molecule has 0 atom stereocenters. The number of aliphatic hydroxyl groups excluding tert-OH is 1. The third-order valence-corrected chi connectivity index (χ3v) is 3.11. The number of nitrogens with one attached hydrogen (secondary N) is 1. The van der Waals surface area contributed by atoms with Gasteiger partial charge in [0.1, 0.15) is 0 Å². The molecular formula is C12H14ClNO. The van der Waals surface area contributed by atoms with Gasteiger partial charge in [0, 0.05) is 22.5 Å². The first-order valence-electron chi connectivity index (χ1n) is 4.92. The van der Waals surface area contributed by atoms with Crippen LogP contribution in [0.4, 0.5) is 0 Å². The molecule has 0 aliphatic heterocycles. The van der Waals surface area contributed by atoms with Crippen LogP contribution in [-0.2, 0) is 5.41 Å². The lowest BCUT2D eigenvalue weighted by atomic mass is 9.85.